The van der Waals surface area contributed by atoms with Crippen molar-refractivity contribution in [2.24, 2.45) is 17.6 Å². The molecule has 10 heteroatoms. The molecule has 1 aromatic carbocycles. The van der Waals surface area contributed by atoms with Crippen LogP contribution in [-0.4, -0.2) is 48.5 Å². The second-order valence-corrected chi connectivity index (χ2v) is 10.1. The molecular weight excluding hydrogens is 462 g/mol. The zero-order chi connectivity index (χ0) is 25.1. The highest BCUT2D eigenvalue weighted by Crippen LogP contribution is 2.44. The monoisotopic (exact) mass is 490 g/mol. The smallest absolute Gasteiger partial charge is 0.228 e. The molecular formula is C26H28F2N8. The molecule has 0 bridgehead atoms. The number of hydrogen-bond acceptors (Lipinski definition) is 7. The van der Waals surface area contributed by atoms with Gasteiger partial charge in [0.15, 0.2) is 5.82 Å². The Labute approximate surface area is 207 Å². The largest absolute Gasteiger partial charge is 0.327 e. The number of piperidine rings is 1. The molecule has 3 N–H and O–H groups in total. The molecule has 1 saturated carbocycles. The molecule has 0 amide bonds. The number of pyridine rings is 1. The van der Waals surface area contributed by atoms with Gasteiger partial charge in [0.25, 0.3) is 0 Å². The van der Waals surface area contributed by atoms with Crippen LogP contribution in [0.25, 0.3) is 22.2 Å². The molecule has 1 saturated heterocycles. The van der Waals surface area contributed by atoms with E-state index in [0.717, 1.165) is 31.4 Å². The van der Waals surface area contributed by atoms with E-state index < -0.39 is 11.6 Å². The molecule has 1 aliphatic heterocycles. The maximum Gasteiger partial charge on any atom is 0.228 e. The number of benzene rings is 1. The molecule has 1 aliphatic carbocycles. The normalized spacial score (nSPS) is 21.4. The minimum atomic E-state index is -0.550. The molecule has 36 heavy (non-hydrogen) atoms. The predicted octanol–water partition coefficient (Wildman–Crippen LogP) is 4.19. The quantitative estimate of drug-likeness (QED) is 0.418. The van der Waals surface area contributed by atoms with Gasteiger partial charge in [-0.15, -0.1) is 0 Å². The van der Waals surface area contributed by atoms with E-state index in [2.05, 4.69) is 30.2 Å². The Kier molecular flexibility index (Phi) is 5.45. The molecule has 6 rings (SSSR count). The van der Waals surface area contributed by atoms with Crippen LogP contribution in [0.3, 0.4) is 0 Å². The Hall–Kier alpha value is -3.50. The van der Waals surface area contributed by atoms with Crippen LogP contribution in [0, 0.1) is 30.4 Å². The standard InChI is InChI=1S/C26H28F2N8/c1-13(2)36-14(3)33-25-20(27)4-16(5-22(25)36)17-6-23(30-9-21(17)28)34-26-31-7-15(8-32-26)10-35-11-18-19(12-35)24(18)29/h4-9,13,18-19,24H,10-12,29H2,1-3H3,(H,30,31,32,34)/t18-,19+,24+. The summed E-state index contributed by atoms with van der Waals surface area (Å²) in [5.41, 5.74) is 8.57. The van der Waals surface area contributed by atoms with E-state index in [0.29, 0.717) is 46.5 Å². The molecule has 3 aromatic heterocycles. The summed E-state index contributed by atoms with van der Waals surface area (Å²) in [4.78, 5) is 19.6. The van der Waals surface area contributed by atoms with Gasteiger partial charge in [-0.25, -0.2) is 28.7 Å². The molecule has 8 nitrogen and oxygen atoms in total. The number of fused-ring (bicyclic) bond motifs is 2. The van der Waals surface area contributed by atoms with Crippen LogP contribution in [0.1, 0.15) is 31.3 Å². The van der Waals surface area contributed by atoms with E-state index in [4.69, 9.17) is 5.73 Å². The summed E-state index contributed by atoms with van der Waals surface area (Å²) < 4.78 is 31.7. The second kappa shape index (κ2) is 8.56. The Bertz CT molecular complexity index is 1440. The van der Waals surface area contributed by atoms with Crippen molar-refractivity contribution >= 4 is 22.8 Å². The Balaban J connectivity index is 1.23. The van der Waals surface area contributed by atoms with Gasteiger partial charge in [0.05, 0.1) is 11.7 Å². The van der Waals surface area contributed by atoms with Crippen LogP contribution in [0.4, 0.5) is 20.5 Å². The number of nitrogens with one attached hydrogen (secondary N) is 1. The average molecular weight is 491 g/mol. The van der Waals surface area contributed by atoms with Gasteiger partial charge in [-0.05, 0) is 56.4 Å². The van der Waals surface area contributed by atoms with Gasteiger partial charge >= 0.3 is 0 Å². The lowest BCUT2D eigenvalue weighted by atomic mass is 10.0. The van der Waals surface area contributed by atoms with Crippen LogP contribution >= 0.6 is 0 Å². The number of imidazole rings is 1. The Morgan fingerprint density at radius 1 is 1.03 bits per heavy atom. The van der Waals surface area contributed by atoms with E-state index in [1.165, 1.54) is 12.1 Å². The number of hydrogen-bond donors (Lipinski definition) is 2. The number of anilines is 2. The fraction of sp³-hybridized carbons (Fsp3) is 0.385. The summed E-state index contributed by atoms with van der Waals surface area (Å²) in [6.07, 6.45) is 4.67. The maximum absolute atomic E-state index is 14.9. The molecule has 3 atom stereocenters. The number of aryl methyl sites for hydroxylation is 1. The highest BCUT2D eigenvalue weighted by molar-refractivity contribution is 5.84. The first kappa shape index (κ1) is 22.9. The van der Waals surface area contributed by atoms with Gasteiger partial charge in [0.1, 0.15) is 23.0 Å². The summed E-state index contributed by atoms with van der Waals surface area (Å²) in [5.74, 6) is 1.65. The van der Waals surface area contributed by atoms with E-state index in [1.807, 2.05) is 25.3 Å². The SMILES string of the molecule is Cc1nc2c(F)cc(-c3cc(Nc4ncc(CN5C[C@@H]6[C@@H](N)[C@@H]6C5)cn4)ncc3F)cc2n1C(C)C. The van der Waals surface area contributed by atoms with Crippen LogP contribution < -0.4 is 11.1 Å². The topological polar surface area (TPSA) is 97.8 Å². The third-order valence-electron chi connectivity index (χ3n) is 7.30. The highest BCUT2D eigenvalue weighted by atomic mass is 19.1. The van der Waals surface area contributed by atoms with E-state index in [-0.39, 0.29) is 17.1 Å². The average Bonchev–Trinajstić information content (AvgIpc) is 3.15. The summed E-state index contributed by atoms with van der Waals surface area (Å²) in [6.45, 7) is 8.68. The van der Waals surface area contributed by atoms with E-state index in [9.17, 15) is 8.78 Å². The fourth-order valence-corrected chi connectivity index (χ4v) is 5.47. The summed E-state index contributed by atoms with van der Waals surface area (Å²) in [5, 5.41) is 3.03. The predicted molar refractivity (Wildman–Crippen MR) is 134 cm³/mol. The first-order chi connectivity index (χ1) is 17.3. The first-order valence-electron chi connectivity index (χ1n) is 12.2. The molecule has 4 aromatic rings. The van der Waals surface area contributed by atoms with Crippen molar-refractivity contribution in [3.63, 3.8) is 0 Å². The van der Waals surface area contributed by atoms with Crippen molar-refractivity contribution in [3.8, 4) is 11.1 Å². The number of rotatable bonds is 6. The third-order valence-corrected chi connectivity index (χ3v) is 7.30. The molecule has 2 fully saturated rings. The molecule has 186 valence electrons. The Morgan fingerprint density at radius 2 is 1.75 bits per heavy atom. The van der Waals surface area contributed by atoms with E-state index >= 15 is 0 Å². The molecule has 0 spiro atoms. The van der Waals surface area contributed by atoms with E-state index in [1.54, 1.807) is 18.5 Å². The van der Waals surface area contributed by atoms with Gasteiger partial charge in [0.2, 0.25) is 5.95 Å². The number of halogens is 2. The summed E-state index contributed by atoms with van der Waals surface area (Å²) in [7, 11) is 0. The van der Waals surface area contributed by atoms with Crippen molar-refractivity contribution in [3.05, 3.63) is 59.8 Å². The molecule has 2 aliphatic rings. The summed E-state index contributed by atoms with van der Waals surface area (Å²) >= 11 is 0. The lowest BCUT2D eigenvalue weighted by Crippen LogP contribution is -2.27. The zero-order valence-corrected chi connectivity index (χ0v) is 20.4. The van der Waals surface area contributed by atoms with Crippen LogP contribution in [0.2, 0.25) is 0 Å². The highest BCUT2D eigenvalue weighted by Gasteiger charge is 2.53. The zero-order valence-electron chi connectivity index (χ0n) is 20.4. The van der Waals surface area contributed by atoms with Crippen LogP contribution in [0.15, 0.2) is 36.8 Å². The van der Waals surface area contributed by atoms with Gasteiger partial charge in [-0.1, -0.05) is 0 Å². The van der Waals surface area contributed by atoms with Crippen molar-refractivity contribution in [1.82, 2.24) is 29.4 Å². The van der Waals surface area contributed by atoms with Crippen molar-refractivity contribution in [2.45, 2.75) is 39.4 Å². The van der Waals surface area contributed by atoms with Crippen molar-refractivity contribution in [1.29, 1.82) is 0 Å². The third kappa shape index (κ3) is 4.00. The molecule has 0 radical (unpaired) electrons. The van der Waals surface area contributed by atoms with Crippen molar-refractivity contribution < 1.29 is 8.78 Å². The fourth-order valence-electron chi connectivity index (χ4n) is 5.47. The minimum Gasteiger partial charge on any atom is -0.327 e. The van der Waals surface area contributed by atoms with Crippen LogP contribution in [0.5, 0.6) is 0 Å². The lowest BCUT2D eigenvalue weighted by molar-refractivity contribution is 0.289. The number of nitrogens with zero attached hydrogens (tertiary/aromatic N) is 6. The maximum atomic E-state index is 14.9. The molecule has 0 unspecified atom stereocenters. The number of likely N-dealkylation sites (tertiary alicyclic amines) is 1. The van der Waals surface area contributed by atoms with Crippen LogP contribution in [-0.2, 0) is 6.54 Å². The number of nitrogens with two attached hydrogens (primary N) is 1. The minimum absolute atomic E-state index is 0.0815. The second-order valence-electron chi connectivity index (χ2n) is 10.1. The van der Waals surface area contributed by atoms with Gasteiger partial charge < -0.3 is 15.6 Å². The Morgan fingerprint density at radius 3 is 2.44 bits per heavy atom. The lowest BCUT2D eigenvalue weighted by Gasteiger charge is -2.18. The first-order valence-corrected chi connectivity index (χ1v) is 12.2. The molecule has 4 heterocycles. The van der Waals surface area contributed by atoms with Gasteiger partial charge in [-0.2, -0.15) is 0 Å². The van der Waals surface area contributed by atoms with Gasteiger partial charge in [0, 0.05) is 55.2 Å². The van der Waals surface area contributed by atoms with Gasteiger partial charge in [-0.3, -0.25) is 4.90 Å². The van der Waals surface area contributed by atoms with Crippen molar-refractivity contribution in [2.75, 3.05) is 18.4 Å². The number of aromatic nitrogens is 5. The summed E-state index contributed by atoms with van der Waals surface area (Å²) in [6, 6.07) is 5.06.